The third-order valence-corrected chi connectivity index (χ3v) is 10.2. The van der Waals surface area contributed by atoms with E-state index in [1.165, 1.54) is 32.1 Å². The molecule has 1 aromatic rings. The Morgan fingerprint density at radius 3 is 1.98 bits per heavy atom. The van der Waals surface area contributed by atoms with Gasteiger partial charge in [0.25, 0.3) is 0 Å². The summed E-state index contributed by atoms with van der Waals surface area (Å²) in [7, 11) is 0. The summed E-state index contributed by atoms with van der Waals surface area (Å²) in [6, 6.07) is 8.05. The van der Waals surface area contributed by atoms with Crippen molar-refractivity contribution in [3.8, 4) is 0 Å². The molecule has 0 bridgehead atoms. The van der Waals surface area contributed by atoms with Gasteiger partial charge in [-0.3, -0.25) is 19.2 Å². The molecule has 0 heterocycles. The summed E-state index contributed by atoms with van der Waals surface area (Å²) < 4.78 is 23.4. The van der Waals surface area contributed by atoms with Gasteiger partial charge >= 0.3 is 23.9 Å². The van der Waals surface area contributed by atoms with Crippen molar-refractivity contribution in [1.82, 2.24) is 0 Å². The molecule has 1 aromatic carbocycles. The van der Waals surface area contributed by atoms with E-state index in [4.69, 9.17) is 18.9 Å². The molecule has 3 aliphatic rings. The van der Waals surface area contributed by atoms with Gasteiger partial charge in [-0.15, -0.1) is 6.58 Å². The fourth-order valence-corrected chi connectivity index (χ4v) is 8.43. The molecule has 0 unspecified atom stereocenters. The van der Waals surface area contributed by atoms with Crippen molar-refractivity contribution >= 4 is 29.7 Å². The number of hydrogen-bond donors (Lipinski definition) is 2. The van der Waals surface area contributed by atoms with Crippen LogP contribution in [0, 0.1) is 28.1 Å². The van der Waals surface area contributed by atoms with Crippen LogP contribution < -0.4 is 0 Å². The summed E-state index contributed by atoms with van der Waals surface area (Å²) in [5.41, 5.74) is -6.28. The minimum atomic E-state index is -2.46. The van der Waals surface area contributed by atoms with Crippen LogP contribution in [0.15, 0.2) is 43.0 Å². The minimum absolute atomic E-state index is 0.133. The zero-order chi connectivity index (χ0) is 33.0. The number of carbonyl (C=O) groups is 5. The maximum Gasteiger partial charge on any atom is 0.338 e. The lowest BCUT2D eigenvalue weighted by Crippen LogP contribution is -2.80. The van der Waals surface area contributed by atoms with E-state index in [2.05, 4.69) is 6.58 Å². The zero-order valence-corrected chi connectivity index (χ0v) is 26.2. The van der Waals surface area contributed by atoms with Crippen LogP contribution in [0.3, 0.4) is 0 Å². The zero-order valence-electron chi connectivity index (χ0n) is 26.2. The normalized spacial score (nSPS) is 39.1. The molecule has 0 spiro atoms. The number of Topliss-reactive ketones (excluding diaryl/α,β-unsaturated/α-hetero) is 1. The van der Waals surface area contributed by atoms with Gasteiger partial charge in [0, 0.05) is 42.9 Å². The van der Waals surface area contributed by atoms with Crippen LogP contribution >= 0.6 is 0 Å². The summed E-state index contributed by atoms with van der Waals surface area (Å²) in [6.45, 7) is 14.0. The van der Waals surface area contributed by atoms with Gasteiger partial charge in [-0.05, 0) is 37.8 Å². The van der Waals surface area contributed by atoms with E-state index >= 15 is 0 Å². The van der Waals surface area contributed by atoms with E-state index in [1.807, 2.05) is 0 Å². The van der Waals surface area contributed by atoms with E-state index in [9.17, 15) is 34.2 Å². The highest BCUT2D eigenvalue weighted by atomic mass is 16.6. The molecule has 10 atom stereocenters. The topological polar surface area (TPSA) is 163 Å². The quantitative estimate of drug-likeness (QED) is 0.275. The van der Waals surface area contributed by atoms with Crippen LogP contribution in [0.2, 0.25) is 0 Å². The first-order chi connectivity index (χ1) is 20.3. The van der Waals surface area contributed by atoms with Gasteiger partial charge < -0.3 is 29.2 Å². The van der Waals surface area contributed by atoms with Gasteiger partial charge in [0.1, 0.15) is 18.3 Å². The molecule has 0 aliphatic heterocycles. The Labute approximate surface area is 256 Å². The van der Waals surface area contributed by atoms with Gasteiger partial charge in [0.05, 0.1) is 11.7 Å². The standard InChI is InChI=1S/C33H42O11/c1-9-31(7)16-21(37)25-32(8)22(15-23(41-17(2)34)33(25,40)29(31)39)30(5,6)26(43-19(4)36)24(42-18(3)35)27(32)44-28(38)20-13-11-10-12-14-20/h9-14,21-27,37,40H,1,15-16H2,2-8H3/t21-,22+,23-,24+,25-,26-,27+,31-,32+,33+/m1/s1. The fraction of sp³-hybridized carbons (Fsp3) is 0.606. The second kappa shape index (κ2) is 11.4. The van der Waals surface area contributed by atoms with Gasteiger partial charge in [-0.1, -0.05) is 45.0 Å². The highest BCUT2D eigenvalue weighted by Gasteiger charge is 2.78. The SMILES string of the molecule is C=C[C@]1(C)C[C@@H](O)[C@H]2[C@](O)(C1=O)[C@H](OC(C)=O)C[C@H]1C(C)(C)[C@H](OC(C)=O)[C@H](OC(C)=O)[C@H](OC(=O)c3ccccc3)[C@@]12C. The lowest BCUT2D eigenvalue weighted by atomic mass is 9.38. The monoisotopic (exact) mass is 614 g/mol. The molecule has 0 aromatic heterocycles. The third-order valence-electron chi connectivity index (χ3n) is 10.2. The maximum absolute atomic E-state index is 14.3. The Morgan fingerprint density at radius 1 is 0.886 bits per heavy atom. The number of hydrogen-bond acceptors (Lipinski definition) is 11. The van der Waals surface area contributed by atoms with Gasteiger partial charge in [-0.25, -0.2) is 4.79 Å². The van der Waals surface area contributed by atoms with Gasteiger partial charge in [0.15, 0.2) is 17.5 Å². The average molecular weight is 615 g/mol. The molecule has 3 saturated carbocycles. The Kier molecular flexibility index (Phi) is 8.64. The molecular weight excluding hydrogens is 572 g/mol. The smallest absolute Gasteiger partial charge is 0.338 e. The summed E-state index contributed by atoms with van der Waals surface area (Å²) >= 11 is 0. The summed E-state index contributed by atoms with van der Waals surface area (Å²) in [5, 5.41) is 24.5. The largest absolute Gasteiger partial charge is 0.459 e. The van der Waals surface area contributed by atoms with Crippen molar-refractivity contribution in [1.29, 1.82) is 0 Å². The molecule has 4 rings (SSSR count). The maximum atomic E-state index is 14.3. The Balaban J connectivity index is 2.03. The molecule has 11 heteroatoms. The number of aliphatic hydroxyl groups excluding tert-OH is 1. The van der Waals surface area contributed by atoms with E-state index in [0.29, 0.717) is 0 Å². The lowest BCUT2D eigenvalue weighted by molar-refractivity contribution is -0.315. The van der Waals surface area contributed by atoms with E-state index < -0.39 is 93.9 Å². The van der Waals surface area contributed by atoms with Crippen molar-refractivity contribution in [2.24, 2.45) is 28.1 Å². The fourth-order valence-electron chi connectivity index (χ4n) is 8.43. The lowest BCUT2D eigenvalue weighted by Gasteiger charge is -2.69. The van der Waals surface area contributed by atoms with Gasteiger partial charge in [-0.2, -0.15) is 0 Å². The number of allylic oxidation sites excluding steroid dienone is 1. The molecule has 240 valence electrons. The summed E-state index contributed by atoms with van der Waals surface area (Å²) in [6.07, 6.45) is -5.75. The highest BCUT2D eigenvalue weighted by molar-refractivity contribution is 5.96. The molecule has 2 N–H and O–H groups in total. The first kappa shape index (κ1) is 33.3. The molecule has 3 fully saturated rings. The van der Waals surface area contributed by atoms with Crippen molar-refractivity contribution < 1.29 is 53.1 Å². The first-order valence-corrected chi connectivity index (χ1v) is 14.7. The number of ether oxygens (including phenoxy) is 4. The Bertz CT molecular complexity index is 1350. The van der Waals surface area contributed by atoms with Crippen LogP contribution in [-0.4, -0.2) is 76.0 Å². The van der Waals surface area contributed by atoms with Crippen LogP contribution in [-0.2, 0) is 38.1 Å². The number of carbonyl (C=O) groups excluding carboxylic acids is 5. The first-order valence-electron chi connectivity index (χ1n) is 14.7. The molecule has 0 amide bonds. The molecular formula is C33H42O11. The molecule has 3 aliphatic carbocycles. The average Bonchev–Trinajstić information content (AvgIpc) is 2.93. The van der Waals surface area contributed by atoms with Crippen LogP contribution in [0.25, 0.3) is 0 Å². The van der Waals surface area contributed by atoms with Crippen molar-refractivity contribution in [2.45, 2.75) is 97.4 Å². The second-order valence-electron chi connectivity index (χ2n) is 13.4. The van der Waals surface area contributed by atoms with E-state index in [1.54, 1.807) is 39.0 Å². The number of fused-ring (bicyclic) bond motifs is 3. The number of benzene rings is 1. The minimum Gasteiger partial charge on any atom is -0.459 e. The summed E-state index contributed by atoms with van der Waals surface area (Å²) in [5.74, 6) is -5.82. The number of aliphatic hydroxyl groups is 2. The highest BCUT2D eigenvalue weighted by Crippen LogP contribution is 2.67. The molecule has 0 radical (unpaired) electrons. The number of esters is 4. The third kappa shape index (κ3) is 5.13. The van der Waals surface area contributed by atoms with Gasteiger partial charge in [0.2, 0.25) is 0 Å². The number of ketones is 1. The van der Waals surface area contributed by atoms with E-state index in [-0.39, 0.29) is 18.4 Å². The predicted molar refractivity (Wildman–Crippen MR) is 155 cm³/mol. The number of rotatable bonds is 6. The van der Waals surface area contributed by atoms with Crippen molar-refractivity contribution in [3.63, 3.8) is 0 Å². The second-order valence-corrected chi connectivity index (χ2v) is 13.4. The molecule has 44 heavy (non-hydrogen) atoms. The van der Waals surface area contributed by atoms with Crippen molar-refractivity contribution in [2.75, 3.05) is 0 Å². The van der Waals surface area contributed by atoms with Crippen LogP contribution in [0.5, 0.6) is 0 Å². The van der Waals surface area contributed by atoms with Crippen molar-refractivity contribution in [3.05, 3.63) is 48.6 Å². The molecule has 11 nitrogen and oxygen atoms in total. The summed E-state index contributed by atoms with van der Waals surface area (Å²) in [4.78, 5) is 65.3. The Hall–Kier alpha value is -3.57. The molecule has 0 saturated heterocycles. The van der Waals surface area contributed by atoms with Crippen LogP contribution in [0.4, 0.5) is 0 Å². The Morgan fingerprint density at radius 2 is 1.45 bits per heavy atom. The van der Waals surface area contributed by atoms with Crippen LogP contribution in [0.1, 0.15) is 71.7 Å². The predicted octanol–water partition coefficient (Wildman–Crippen LogP) is 2.95. The van der Waals surface area contributed by atoms with E-state index in [0.717, 1.165) is 13.8 Å².